The van der Waals surface area contributed by atoms with E-state index in [1.165, 1.54) is 0 Å². The average Bonchev–Trinajstić information content (AvgIpc) is 3.17. The zero-order valence-electron chi connectivity index (χ0n) is 18.3. The molecular weight excluding hydrogens is 428 g/mol. The van der Waals surface area contributed by atoms with Gasteiger partial charge in [0.05, 0.1) is 26.1 Å². The van der Waals surface area contributed by atoms with Gasteiger partial charge in [-0.2, -0.15) is 0 Å². The Balaban J connectivity index is 1.77. The van der Waals surface area contributed by atoms with Gasteiger partial charge in [-0.05, 0) is 0 Å². The molecule has 0 bridgehead atoms. The molecule has 0 radical (unpaired) electrons. The Bertz CT molecular complexity index is 686. The van der Waals surface area contributed by atoms with Crippen LogP contribution in [0.2, 0.25) is 0 Å². The molecule has 2 aliphatic rings. The molecule has 4 unspecified atom stereocenters. The van der Waals surface area contributed by atoms with E-state index in [-0.39, 0.29) is 62.8 Å². The SMILES string of the molecule is CC(C)C(=O)NCCC(=O)OC1COC2(S)C(OC(=O)CCNC(=O)C(C)C)COC12. The smallest absolute Gasteiger partial charge is 0.308 e. The Kier molecular flexibility index (Phi) is 9.14. The fourth-order valence-electron chi connectivity index (χ4n) is 3.11. The lowest BCUT2D eigenvalue weighted by Crippen LogP contribution is -2.45. The van der Waals surface area contributed by atoms with E-state index in [0.717, 1.165) is 0 Å². The minimum atomic E-state index is -1.23. The van der Waals surface area contributed by atoms with E-state index in [4.69, 9.17) is 18.9 Å². The van der Waals surface area contributed by atoms with E-state index in [1.54, 1.807) is 27.7 Å². The van der Waals surface area contributed by atoms with Crippen molar-refractivity contribution < 1.29 is 38.1 Å². The minimum absolute atomic E-state index is 0.00396. The molecule has 2 aliphatic heterocycles. The number of esters is 2. The quantitative estimate of drug-likeness (QED) is 0.311. The molecule has 10 nitrogen and oxygen atoms in total. The number of carbonyl (C=O) groups is 4. The highest BCUT2D eigenvalue weighted by atomic mass is 32.1. The molecule has 2 fully saturated rings. The average molecular weight is 461 g/mol. The topological polar surface area (TPSA) is 129 Å². The third-order valence-corrected chi connectivity index (χ3v) is 5.65. The number of rotatable bonds is 10. The molecule has 2 amide bonds. The predicted molar refractivity (Wildman–Crippen MR) is 112 cm³/mol. The summed E-state index contributed by atoms with van der Waals surface area (Å²) in [6, 6.07) is 0. The van der Waals surface area contributed by atoms with Gasteiger partial charge in [0.1, 0.15) is 6.10 Å². The first kappa shape index (κ1) is 25.4. The van der Waals surface area contributed by atoms with Crippen LogP contribution in [0.3, 0.4) is 0 Å². The van der Waals surface area contributed by atoms with Gasteiger partial charge in [-0.15, -0.1) is 12.6 Å². The molecule has 0 saturated carbocycles. The van der Waals surface area contributed by atoms with Crippen molar-refractivity contribution in [2.24, 2.45) is 11.8 Å². The molecule has 0 aromatic rings. The van der Waals surface area contributed by atoms with Crippen molar-refractivity contribution in [2.75, 3.05) is 26.3 Å². The summed E-state index contributed by atoms with van der Waals surface area (Å²) in [5, 5.41) is 5.30. The minimum Gasteiger partial charge on any atom is -0.457 e. The molecule has 0 aliphatic carbocycles. The lowest BCUT2D eigenvalue weighted by molar-refractivity contribution is -0.155. The summed E-state index contributed by atoms with van der Waals surface area (Å²) in [7, 11) is 0. The van der Waals surface area contributed by atoms with Crippen molar-refractivity contribution in [3.05, 3.63) is 0 Å². The number of carbonyl (C=O) groups excluding carboxylic acids is 4. The first-order valence-electron chi connectivity index (χ1n) is 10.5. The van der Waals surface area contributed by atoms with Crippen LogP contribution in [-0.4, -0.2) is 73.3 Å². The molecule has 176 valence electrons. The van der Waals surface area contributed by atoms with Crippen LogP contribution >= 0.6 is 12.6 Å². The van der Waals surface area contributed by atoms with Crippen molar-refractivity contribution in [3.63, 3.8) is 0 Å². The van der Waals surface area contributed by atoms with Crippen molar-refractivity contribution in [3.8, 4) is 0 Å². The van der Waals surface area contributed by atoms with Crippen LogP contribution in [0.25, 0.3) is 0 Å². The van der Waals surface area contributed by atoms with E-state index in [0.29, 0.717) is 0 Å². The van der Waals surface area contributed by atoms with Gasteiger partial charge in [0, 0.05) is 24.9 Å². The van der Waals surface area contributed by atoms with Gasteiger partial charge >= 0.3 is 11.9 Å². The first-order valence-corrected chi connectivity index (χ1v) is 10.9. The fourth-order valence-corrected chi connectivity index (χ4v) is 3.55. The monoisotopic (exact) mass is 460 g/mol. The lowest BCUT2D eigenvalue weighted by atomic mass is 10.1. The summed E-state index contributed by atoms with van der Waals surface area (Å²) in [4.78, 5) is 46.1. The van der Waals surface area contributed by atoms with Gasteiger partial charge in [0.2, 0.25) is 11.8 Å². The number of fused-ring (bicyclic) bond motifs is 1. The molecule has 0 spiro atoms. The van der Waals surface area contributed by atoms with E-state index >= 15 is 0 Å². The Morgan fingerprint density at radius 2 is 1.45 bits per heavy atom. The molecule has 4 atom stereocenters. The van der Waals surface area contributed by atoms with Crippen LogP contribution in [0.1, 0.15) is 40.5 Å². The second kappa shape index (κ2) is 11.1. The van der Waals surface area contributed by atoms with Crippen molar-refractivity contribution >= 4 is 36.4 Å². The molecular formula is C20H32N2O8S. The summed E-state index contributed by atoms with van der Waals surface area (Å²) in [6.07, 6.45) is -2.14. The Labute approximate surface area is 187 Å². The number of amides is 2. The molecule has 2 saturated heterocycles. The van der Waals surface area contributed by atoms with Gasteiger partial charge in [0.25, 0.3) is 0 Å². The highest BCUT2D eigenvalue weighted by Crippen LogP contribution is 2.43. The lowest BCUT2D eigenvalue weighted by Gasteiger charge is -2.27. The van der Waals surface area contributed by atoms with E-state index in [9.17, 15) is 19.2 Å². The Morgan fingerprint density at radius 3 is 1.97 bits per heavy atom. The second-order valence-electron chi connectivity index (χ2n) is 8.22. The predicted octanol–water partition coefficient (Wildman–Crippen LogP) is 0.190. The van der Waals surface area contributed by atoms with Crippen LogP contribution in [0.15, 0.2) is 0 Å². The summed E-state index contributed by atoms with van der Waals surface area (Å²) in [6.45, 7) is 7.49. The molecule has 0 aromatic heterocycles. The largest absolute Gasteiger partial charge is 0.457 e. The highest BCUT2D eigenvalue weighted by Gasteiger charge is 2.61. The van der Waals surface area contributed by atoms with E-state index in [1.807, 2.05) is 0 Å². The Hall–Kier alpha value is -1.85. The third kappa shape index (κ3) is 6.81. The number of hydrogen-bond acceptors (Lipinski definition) is 9. The zero-order chi connectivity index (χ0) is 23.2. The Morgan fingerprint density at radius 1 is 0.935 bits per heavy atom. The van der Waals surface area contributed by atoms with Crippen LogP contribution in [0.4, 0.5) is 0 Å². The highest BCUT2D eigenvalue weighted by molar-refractivity contribution is 7.81. The summed E-state index contributed by atoms with van der Waals surface area (Å²) in [5.74, 6) is -1.63. The number of thiol groups is 1. The van der Waals surface area contributed by atoms with Crippen molar-refractivity contribution in [1.29, 1.82) is 0 Å². The number of nitrogens with one attached hydrogen (secondary N) is 2. The van der Waals surface area contributed by atoms with Crippen molar-refractivity contribution in [1.82, 2.24) is 10.6 Å². The number of hydrogen-bond donors (Lipinski definition) is 3. The molecule has 2 heterocycles. The molecule has 11 heteroatoms. The molecule has 31 heavy (non-hydrogen) atoms. The second-order valence-corrected chi connectivity index (χ2v) is 8.91. The maximum Gasteiger partial charge on any atom is 0.308 e. The van der Waals surface area contributed by atoms with Crippen LogP contribution < -0.4 is 10.6 Å². The maximum atomic E-state index is 12.1. The molecule has 0 aromatic carbocycles. The van der Waals surface area contributed by atoms with Gasteiger partial charge < -0.3 is 29.6 Å². The maximum absolute atomic E-state index is 12.1. The molecule has 2 rings (SSSR count). The summed E-state index contributed by atoms with van der Waals surface area (Å²) in [5.41, 5.74) is 0. The third-order valence-electron chi connectivity index (χ3n) is 4.97. The normalized spacial score (nSPS) is 27.1. The van der Waals surface area contributed by atoms with Crippen LogP contribution in [-0.2, 0) is 38.1 Å². The van der Waals surface area contributed by atoms with Gasteiger partial charge in [-0.25, -0.2) is 0 Å². The van der Waals surface area contributed by atoms with E-state index < -0.39 is 35.2 Å². The fraction of sp³-hybridized carbons (Fsp3) is 0.800. The van der Waals surface area contributed by atoms with E-state index in [2.05, 4.69) is 23.3 Å². The van der Waals surface area contributed by atoms with Crippen LogP contribution in [0, 0.1) is 11.8 Å². The first-order chi connectivity index (χ1) is 14.5. The van der Waals surface area contributed by atoms with Crippen LogP contribution in [0.5, 0.6) is 0 Å². The van der Waals surface area contributed by atoms with Gasteiger partial charge in [0.15, 0.2) is 17.1 Å². The summed E-state index contributed by atoms with van der Waals surface area (Å²) < 4.78 is 22.2. The standard InChI is InChI=1S/C20H32N2O8S/c1-11(2)18(25)21-7-5-15(23)29-13-9-28-20(31)14(10-27-17(13)20)30-16(24)6-8-22-19(26)12(3)4/h11-14,17,31H,5-10H2,1-4H3,(H,21,25)(H,22,26). The number of ether oxygens (including phenoxy) is 4. The van der Waals surface area contributed by atoms with Crippen molar-refractivity contribution in [2.45, 2.75) is 63.8 Å². The summed E-state index contributed by atoms with van der Waals surface area (Å²) >= 11 is 4.52. The van der Waals surface area contributed by atoms with Gasteiger partial charge in [-0.3, -0.25) is 19.2 Å². The zero-order valence-corrected chi connectivity index (χ0v) is 19.2. The van der Waals surface area contributed by atoms with Gasteiger partial charge in [-0.1, -0.05) is 27.7 Å². The molecule has 2 N–H and O–H groups in total.